The van der Waals surface area contributed by atoms with E-state index in [4.69, 9.17) is 9.47 Å². The molecule has 0 aliphatic rings. The van der Waals surface area contributed by atoms with Gasteiger partial charge in [0.05, 0.1) is 13.2 Å². The lowest BCUT2D eigenvalue weighted by molar-refractivity contribution is 0.112. The Bertz CT molecular complexity index is 511. The van der Waals surface area contributed by atoms with Crippen LogP contribution >= 0.6 is 17.9 Å². The lowest BCUT2D eigenvalue weighted by Crippen LogP contribution is -2.13. The minimum absolute atomic E-state index is 0.471. The van der Waals surface area contributed by atoms with Gasteiger partial charge in [0, 0.05) is 5.75 Å². The van der Waals surface area contributed by atoms with Crippen molar-refractivity contribution in [2.45, 2.75) is 51.9 Å². The number of para-hydroxylation sites is 1. The summed E-state index contributed by atoms with van der Waals surface area (Å²) in [6.07, 6.45) is 8.61. The van der Waals surface area contributed by atoms with Crippen molar-refractivity contribution in [3.05, 3.63) is 30.3 Å². The molecule has 4 nitrogen and oxygen atoms in total. The monoisotopic (exact) mass is 422 g/mol. The van der Waals surface area contributed by atoms with Gasteiger partial charge in [0.25, 0.3) is 0 Å². The molecular weight excluding hydrogens is 387 g/mol. The molecule has 0 aromatic heterocycles. The van der Waals surface area contributed by atoms with Crippen LogP contribution in [0.15, 0.2) is 30.3 Å². The molecule has 0 radical (unpaired) electrons. The van der Waals surface area contributed by atoms with Gasteiger partial charge in [-0.15, -0.1) is 10.1 Å². The van der Waals surface area contributed by atoms with Crippen molar-refractivity contribution < 1.29 is 19.3 Å². The van der Waals surface area contributed by atoms with Gasteiger partial charge in [-0.3, -0.25) is 0 Å². The summed E-state index contributed by atoms with van der Waals surface area (Å²) < 4.78 is 11.2. The lowest BCUT2D eigenvalue weighted by Gasteiger charge is -2.16. The highest BCUT2D eigenvalue weighted by molar-refractivity contribution is 8.65. The molecule has 26 heavy (non-hydrogen) atoms. The zero-order valence-corrected chi connectivity index (χ0v) is 18.5. The minimum atomic E-state index is -3.08. The van der Waals surface area contributed by atoms with Crippen LogP contribution in [0.3, 0.4) is 0 Å². The zero-order valence-electron chi connectivity index (χ0n) is 15.9. The maximum atomic E-state index is 9.96. The number of unbranched alkanes of at least 4 members (excludes halogenated alkanes) is 6. The fraction of sp³-hybridized carbons (Fsp3) is 0.684. The third-order valence-corrected chi connectivity index (χ3v) is 11.4. The molecule has 0 saturated heterocycles. The first-order chi connectivity index (χ1) is 12.5. The van der Waals surface area contributed by atoms with Crippen molar-refractivity contribution in [1.82, 2.24) is 0 Å². The minimum Gasteiger partial charge on any atom is -0.491 e. The Labute approximate surface area is 166 Å². The zero-order chi connectivity index (χ0) is 19.1. The number of hydrogen-bond donors (Lipinski definition) is 3. The average molecular weight is 423 g/mol. The molecule has 1 aromatic carbocycles. The maximum Gasteiger partial charge on any atom is 0.198 e. The first-order valence-electron chi connectivity index (χ1n) is 9.55. The third kappa shape index (κ3) is 12.4. The van der Waals surface area contributed by atoms with E-state index in [0.717, 1.165) is 24.3 Å². The second-order valence-corrected chi connectivity index (χ2v) is 14.6. The maximum absolute atomic E-state index is 9.96. The van der Waals surface area contributed by atoms with Crippen LogP contribution in [0.5, 0.6) is 5.75 Å². The van der Waals surface area contributed by atoms with Gasteiger partial charge in [-0.1, -0.05) is 75.9 Å². The van der Waals surface area contributed by atoms with E-state index in [9.17, 15) is 9.79 Å². The number of rotatable bonds is 15. The summed E-state index contributed by atoms with van der Waals surface area (Å²) in [5, 5.41) is 0. The molecule has 0 saturated carbocycles. The molecule has 0 aliphatic carbocycles. The summed E-state index contributed by atoms with van der Waals surface area (Å²) in [5.74, 6) is 2.33. The molecule has 0 bridgehead atoms. The van der Waals surface area contributed by atoms with Gasteiger partial charge in [-0.05, 0) is 24.3 Å². The van der Waals surface area contributed by atoms with E-state index >= 15 is 0 Å². The Morgan fingerprint density at radius 1 is 0.885 bits per heavy atom. The van der Waals surface area contributed by atoms with Crippen LogP contribution in [0.25, 0.3) is 0 Å². The predicted octanol–water partition coefficient (Wildman–Crippen LogP) is 5.04. The van der Waals surface area contributed by atoms with Gasteiger partial charge in [0.2, 0.25) is 0 Å². The van der Waals surface area contributed by atoms with E-state index in [1.165, 1.54) is 32.1 Å². The number of ether oxygens (including phenoxy) is 2. The quantitative estimate of drug-likeness (QED) is 0.210. The Kier molecular flexibility index (Phi) is 13.9. The molecule has 7 heteroatoms. The van der Waals surface area contributed by atoms with E-state index in [-0.39, 0.29) is 0 Å². The van der Waals surface area contributed by atoms with Crippen molar-refractivity contribution in [2.24, 2.45) is 0 Å². The summed E-state index contributed by atoms with van der Waals surface area (Å²) in [5.41, 5.74) is -3.08. The molecule has 0 spiro atoms. The number of hydrogen-bond acceptors (Lipinski definition) is 2. The standard InChI is InChI=1S/C19H35O4PS2/c1-2-3-4-5-6-7-11-17-26(24(20,21)25)18-16-22-14-15-23-19-12-9-8-10-13-19/h8-10,12-13,20-21,25H,2-7,11,14-18H2,1H3. The van der Waals surface area contributed by atoms with Crippen LogP contribution in [0.2, 0.25) is 0 Å². The molecule has 1 atom stereocenters. The molecule has 2 N–H and O–H groups in total. The van der Waals surface area contributed by atoms with Crippen LogP contribution in [-0.2, 0) is 14.8 Å². The number of benzene rings is 1. The second-order valence-electron chi connectivity index (χ2n) is 6.28. The van der Waals surface area contributed by atoms with Crippen molar-refractivity contribution in [3.8, 4) is 5.75 Å². The Morgan fingerprint density at radius 2 is 1.54 bits per heavy atom. The molecule has 0 fully saturated rings. The van der Waals surface area contributed by atoms with Crippen LogP contribution in [0, 0.1) is 0 Å². The summed E-state index contributed by atoms with van der Waals surface area (Å²) >= 11 is 4.07. The molecule has 0 aliphatic heterocycles. The second kappa shape index (κ2) is 15.0. The highest BCUT2D eigenvalue weighted by Gasteiger charge is 2.11. The molecule has 1 aromatic rings. The van der Waals surface area contributed by atoms with Crippen molar-refractivity contribution in [3.63, 3.8) is 0 Å². The summed E-state index contributed by atoms with van der Waals surface area (Å²) in [4.78, 5) is 19.9. The van der Waals surface area contributed by atoms with Gasteiger partial charge in [0.15, 0.2) is 5.69 Å². The molecule has 152 valence electrons. The predicted molar refractivity (Wildman–Crippen MR) is 118 cm³/mol. The summed E-state index contributed by atoms with van der Waals surface area (Å²) in [6, 6.07) is 9.65. The molecule has 1 rings (SSSR count). The van der Waals surface area contributed by atoms with Gasteiger partial charge >= 0.3 is 0 Å². The van der Waals surface area contributed by atoms with Crippen molar-refractivity contribution >= 4 is 28.0 Å². The normalized spacial score (nSPS) is 12.9. The summed E-state index contributed by atoms with van der Waals surface area (Å²) in [6.45, 7) is 3.73. The SMILES string of the molecule is CCCCCCCCCS(CCOCCOc1ccccc1)=P(O)(O)S. The van der Waals surface area contributed by atoms with E-state index in [1.807, 2.05) is 30.3 Å². The lowest BCUT2D eigenvalue weighted by atomic mass is 10.1. The van der Waals surface area contributed by atoms with Crippen molar-refractivity contribution in [1.29, 1.82) is 0 Å². The van der Waals surface area contributed by atoms with E-state index in [1.54, 1.807) is 0 Å². The topological polar surface area (TPSA) is 58.9 Å². The first kappa shape index (κ1) is 24.1. The molecule has 0 amide bonds. The Morgan fingerprint density at radius 3 is 2.19 bits per heavy atom. The third-order valence-electron chi connectivity index (χ3n) is 4.03. The van der Waals surface area contributed by atoms with Gasteiger partial charge < -0.3 is 19.3 Å². The fourth-order valence-corrected chi connectivity index (χ4v) is 7.66. The highest BCUT2D eigenvalue weighted by Crippen LogP contribution is 2.47. The van der Waals surface area contributed by atoms with Crippen molar-refractivity contribution in [2.75, 3.05) is 31.3 Å². The summed E-state index contributed by atoms with van der Waals surface area (Å²) in [7, 11) is -0.471. The molecule has 1 unspecified atom stereocenters. The van der Waals surface area contributed by atoms with E-state index in [2.05, 4.69) is 19.2 Å². The number of thiol groups is 1. The molecular formula is C19H35O4PS2. The van der Waals surface area contributed by atoms with Crippen LogP contribution in [-0.4, -0.2) is 41.1 Å². The fourth-order valence-electron chi connectivity index (χ4n) is 2.57. The average Bonchev–Trinajstić information content (AvgIpc) is 2.61. The van der Waals surface area contributed by atoms with Crippen LogP contribution in [0.1, 0.15) is 51.9 Å². The first-order valence-corrected chi connectivity index (χ1v) is 14.6. The van der Waals surface area contributed by atoms with Gasteiger partial charge in [-0.2, -0.15) is 0 Å². The molecule has 0 heterocycles. The Balaban J connectivity index is 2.15. The van der Waals surface area contributed by atoms with E-state index in [0.29, 0.717) is 25.6 Å². The largest absolute Gasteiger partial charge is 0.491 e. The smallest absolute Gasteiger partial charge is 0.198 e. The van der Waals surface area contributed by atoms with Gasteiger partial charge in [0.1, 0.15) is 12.4 Å². The highest BCUT2D eigenvalue weighted by atomic mass is 32.9. The van der Waals surface area contributed by atoms with Crippen LogP contribution < -0.4 is 4.74 Å². The van der Waals surface area contributed by atoms with E-state index < -0.39 is 15.8 Å². The Hall–Kier alpha value is 0.0300. The van der Waals surface area contributed by atoms with Gasteiger partial charge in [-0.25, -0.2) is 0 Å². The van der Waals surface area contributed by atoms with Crippen LogP contribution in [0.4, 0.5) is 0 Å².